The minimum Gasteiger partial charge on any atom is -0.494 e. The van der Waals surface area contributed by atoms with Crippen LogP contribution in [0.15, 0.2) is 58.9 Å². The Morgan fingerprint density at radius 2 is 1.97 bits per heavy atom. The molecule has 0 unspecified atom stereocenters. The molecule has 1 aliphatic heterocycles. The standard InChI is InChI=1S/C25H26F3N5O4/c1-5-6-22-17(14-32(25(34)31(22)3)13-16-7-8-18(26)9-19(16)27)12-29-15(2)30-21-11-23(33(35)36)20(28)10-24(21)37-4/h6-12H,5,13-14H2,1-4H3,(H,29,30)/b17-12-,22-6-. The molecule has 0 radical (unpaired) electrons. The molecule has 0 spiro atoms. The number of carbonyl (C=O) groups excluding carboxylic acids is 1. The first-order chi connectivity index (χ1) is 17.5. The summed E-state index contributed by atoms with van der Waals surface area (Å²) in [5.74, 6) is -2.15. The van der Waals surface area contributed by atoms with E-state index in [4.69, 9.17) is 4.74 Å². The summed E-state index contributed by atoms with van der Waals surface area (Å²) >= 11 is 0. The average Bonchev–Trinajstić information content (AvgIpc) is 2.85. The number of anilines is 1. The van der Waals surface area contributed by atoms with Crippen LogP contribution in [0.4, 0.5) is 29.3 Å². The van der Waals surface area contributed by atoms with Gasteiger partial charge in [-0.15, -0.1) is 0 Å². The highest BCUT2D eigenvalue weighted by atomic mass is 19.1. The van der Waals surface area contributed by atoms with Gasteiger partial charge in [0.2, 0.25) is 5.82 Å². The van der Waals surface area contributed by atoms with E-state index in [0.717, 1.165) is 24.3 Å². The Hall–Kier alpha value is -4.35. The molecule has 0 aromatic heterocycles. The van der Waals surface area contributed by atoms with Crippen molar-refractivity contribution >= 4 is 23.2 Å². The molecule has 1 saturated heterocycles. The predicted octanol–water partition coefficient (Wildman–Crippen LogP) is 5.60. The molecule has 37 heavy (non-hydrogen) atoms. The summed E-state index contributed by atoms with van der Waals surface area (Å²) < 4.78 is 46.6. The van der Waals surface area contributed by atoms with Crippen molar-refractivity contribution in [1.29, 1.82) is 0 Å². The van der Waals surface area contributed by atoms with Crippen molar-refractivity contribution in [3.8, 4) is 5.75 Å². The highest BCUT2D eigenvalue weighted by molar-refractivity contribution is 5.95. The minimum absolute atomic E-state index is 0.0485. The van der Waals surface area contributed by atoms with Gasteiger partial charge in [-0.3, -0.25) is 15.0 Å². The third-order valence-electron chi connectivity index (χ3n) is 5.58. The fourth-order valence-electron chi connectivity index (χ4n) is 3.78. The number of urea groups is 1. The number of amides is 2. The molecule has 2 aromatic carbocycles. The van der Waals surface area contributed by atoms with Gasteiger partial charge in [-0.2, -0.15) is 4.39 Å². The van der Waals surface area contributed by atoms with Crippen molar-refractivity contribution in [2.45, 2.75) is 26.8 Å². The van der Waals surface area contributed by atoms with Gasteiger partial charge in [-0.1, -0.05) is 19.1 Å². The number of rotatable bonds is 7. The SMILES string of the molecule is CC/C=C1/C(=C\N=C(C)Nc2cc([N+](=O)[O-])c(F)cc2OC)CN(Cc2ccc(F)cc2F)C(=O)N1C. The van der Waals surface area contributed by atoms with Gasteiger partial charge in [0.25, 0.3) is 0 Å². The van der Waals surface area contributed by atoms with Crippen molar-refractivity contribution < 1.29 is 27.6 Å². The second-order valence-electron chi connectivity index (χ2n) is 8.19. The van der Waals surface area contributed by atoms with Crippen molar-refractivity contribution in [3.63, 3.8) is 0 Å². The highest BCUT2D eigenvalue weighted by Gasteiger charge is 2.30. The van der Waals surface area contributed by atoms with Gasteiger partial charge < -0.3 is 15.0 Å². The monoisotopic (exact) mass is 517 g/mol. The van der Waals surface area contributed by atoms with Crippen molar-refractivity contribution in [3.05, 3.63) is 87.0 Å². The molecule has 196 valence electrons. The lowest BCUT2D eigenvalue weighted by Gasteiger charge is -2.37. The van der Waals surface area contributed by atoms with Gasteiger partial charge >= 0.3 is 11.7 Å². The molecular weight excluding hydrogens is 491 g/mol. The Labute approximate surface area is 211 Å². The van der Waals surface area contributed by atoms with Crippen LogP contribution in [-0.2, 0) is 6.54 Å². The number of likely N-dealkylation sites (N-methyl/N-ethyl adjacent to an activating group) is 1. The van der Waals surface area contributed by atoms with Crippen LogP contribution in [0.3, 0.4) is 0 Å². The number of aliphatic imine (C=N–C) groups is 1. The van der Waals surface area contributed by atoms with Gasteiger partial charge in [0.1, 0.15) is 23.2 Å². The summed E-state index contributed by atoms with van der Waals surface area (Å²) in [7, 11) is 2.89. The molecule has 1 N–H and O–H groups in total. The Morgan fingerprint density at radius 3 is 2.59 bits per heavy atom. The van der Waals surface area contributed by atoms with Crippen LogP contribution in [0.1, 0.15) is 25.8 Å². The van der Waals surface area contributed by atoms with Crippen LogP contribution in [0, 0.1) is 27.6 Å². The van der Waals surface area contributed by atoms with E-state index in [0.29, 0.717) is 23.5 Å². The number of ether oxygens (including phenoxy) is 1. The quantitative estimate of drug-likeness (QED) is 0.223. The molecule has 1 fully saturated rings. The summed E-state index contributed by atoms with van der Waals surface area (Å²) in [6.45, 7) is 3.53. The summed E-state index contributed by atoms with van der Waals surface area (Å²) in [6, 6.07) is 4.74. The summed E-state index contributed by atoms with van der Waals surface area (Å²) in [6.07, 6.45) is 4.00. The summed E-state index contributed by atoms with van der Waals surface area (Å²) in [5.41, 5.74) is 0.846. The van der Waals surface area contributed by atoms with E-state index >= 15 is 0 Å². The van der Waals surface area contributed by atoms with E-state index in [1.54, 1.807) is 14.0 Å². The molecule has 0 aliphatic carbocycles. The number of benzene rings is 2. The lowest BCUT2D eigenvalue weighted by atomic mass is 10.1. The molecule has 3 rings (SSSR count). The van der Waals surface area contributed by atoms with E-state index in [2.05, 4.69) is 10.3 Å². The van der Waals surface area contributed by atoms with Crippen molar-refractivity contribution in [1.82, 2.24) is 9.80 Å². The first-order valence-electron chi connectivity index (χ1n) is 11.2. The van der Waals surface area contributed by atoms with Gasteiger partial charge in [-0.05, 0) is 19.4 Å². The molecule has 0 saturated carbocycles. The molecule has 2 aromatic rings. The van der Waals surface area contributed by atoms with Crippen molar-refractivity contribution in [2.24, 2.45) is 4.99 Å². The Balaban J connectivity index is 1.91. The number of halogens is 3. The lowest BCUT2D eigenvalue weighted by Crippen LogP contribution is -2.47. The van der Waals surface area contributed by atoms with Crippen LogP contribution in [-0.4, -0.2) is 47.3 Å². The van der Waals surface area contributed by atoms with Crippen molar-refractivity contribution in [2.75, 3.05) is 26.0 Å². The maximum absolute atomic E-state index is 14.2. The number of nitro groups is 1. The molecule has 2 amide bonds. The zero-order chi connectivity index (χ0) is 27.3. The van der Waals surface area contributed by atoms with E-state index in [9.17, 15) is 28.1 Å². The van der Waals surface area contributed by atoms with Gasteiger partial charge in [0.15, 0.2) is 0 Å². The molecule has 12 heteroatoms. The molecular formula is C25H26F3N5O4. The predicted molar refractivity (Wildman–Crippen MR) is 133 cm³/mol. The van der Waals surface area contributed by atoms with E-state index in [-0.39, 0.29) is 36.1 Å². The smallest absolute Gasteiger partial charge is 0.324 e. The van der Waals surface area contributed by atoms with Crippen LogP contribution < -0.4 is 10.1 Å². The number of amidine groups is 1. The number of nitro benzene ring substituents is 1. The number of hydrogen-bond acceptors (Lipinski definition) is 5. The normalized spacial score (nSPS) is 16.5. The van der Waals surface area contributed by atoms with Crippen LogP contribution in [0.5, 0.6) is 5.75 Å². The summed E-state index contributed by atoms with van der Waals surface area (Å²) in [5, 5.41) is 14.0. The highest BCUT2D eigenvalue weighted by Crippen LogP contribution is 2.32. The van der Waals surface area contributed by atoms with Crippen LogP contribution >= 0.6 is 0 Å². The summed E-state index contributed by atoms with van der Waals surface area (Å²) in [4.78, 5) is 30.4. The second kappa shape index (κ2) is 11.6. The zero-order valence-electron chi connectivity index (χ0n) is 20.7. The number of methoxy groups -OCH3 is 1. The van der Waals surface area contributed by atoms with Gasteiger partial charge in [0, 0.05) is 48.3 Å². The fourth-order valence-corrected chi connectivity index (χ4v) is 3.78. The Morgan fingerprint density at radius 1 is 1.24 bits per heavy atom. The largest absolute Gasteiger partial charge is 0.494 e. The topological polar surface area (TPSA) is 100 Å². The van der Waals surface area contributed by atoms with E-state index in [1.165, 1.54) is 29.2 Å². The number of carbonyl (C=O) groups is 1. The third-order valence-corrected chi connectivity index (χ3v) is 5.58. The molecule has 0 atom stereocenters. The number of hydrogen-bond donors (Lipinski definition) is 1. The molecule has 9 nitrogen and oxygen atoms in total. The Kier molecular flexibility index (Phi) is 8.53. The Bertz CT molecular complexity index is 1310. The third kappa shape index (κ3) is 6.26. The number of allylic oxidation sites excluding steroid dienone is 1. The number of nitrogens with zero attached hydrogens (tertiary/aromatic N) is 4. The fraction of sp³-hybridized carbons (Fsp3) is 0.280. The van der Waals surface area contributed by atoms with E-state index < -0.39 is 28.1 Å². The van der Waals surface area contributed by atoms with Crippen LogP contribution in [0.2, 0.25) is 0 Å². The van der Waals surface area contributed by atoms with Crippen LogP contribution in [0.25, 0.3) is 0 Å². The number of nitrogens with one attached hydrogen (secondary N) is 1. The zero-order valence-corrected chi connectivity index (χ0v) is 20.7. The maximum Gasteiger partial charge on any atom is 0.324 e. The maximum atomic E-state index is 14.2. The minimum atomic E-state index is -1.04. The molecule has 1 aliphatic rings. The molecule has 0 bridgehead atoms. The molecule has 1 heterocycles. The van der Waals surface area contributed by atoms with E-state index in [1.807, 2.05) is 13.0 Å². The first-order valence-corrected chi connectivity index (χ1v) is 11.2. The van der Waals surface area contributed by atoms with Gasteiger partial charge in [-0.25, -0.2) is 18.6 Å². The average molecular weight is 518 g/mol. The van der Waals surface area contributed by atoms with Gasteiger partial charge in [0.05, 0.1) is 30.8 Å². The second-order valence-corrected chi connectivity index (χ2v) is 8.19. The first kappa shape index (κ1) is 27.2. The lowest BCUT2D eigenvalue weighted by molar-refractivity contribution is -0.387.